The van der Waals surface area contributed by atoms with E-state index in [1.54, 1.807) is 19.1 Å². The van der Waals surface area contributed by atoms with Crippen LogP contribution in [0.3, 0.4) is 0 Å². The smallest absolute Gasteiger partial charge is 0.303 e. The van der Waals surface area contributed by atoms with Crippen molar-refractivity contribution in [3.63, 3.8) is 0 Å². The quantitative estimate of drug-likeness (QED) is 0.830. The average Bonchev–Trinajstić information content (AvgIpc) is 2.25. The summed E-state index contributed by atoms with van der Waals surface area (Å²) in [6.07, 6.45) is 0.0883. The zero-order valence-electron chi connectivity index (χ0n) is 10.8. The lowest BCUT2D eigenvalue weighted by atomic mass is 10.0. The van der Waals surface area contributed by atoms with E-state index in [1.165, 1.54) is 0 Å². The van der Waals surface area contributed by atoms with E-state index in [9.17, 15) is 9.59 Å². The molecule has 0 fully saturated rings. The fraction of sp³-hybridized carbons (Fsp3) is 0.385. The number of carboxylic acids is 1. The van der Waals surface area contributed by atoms with E-state index in [0.29, 0.717) is 20.6 Å². The summed E-state index contributed by atoms with van der Waals surface area (Å²) < 4.78 is 0. The molecule has 0 radical (unpaired) electrons. The molecule has 0 aromatic heterocycles. The third-order valence-electron chi connectivity index (χ3n) is 2.63. The van der Waals surface area contributed by atoms with Crippen LogP contribution in [-0.2, 0) is 16.1 Å². The maximum Gasteiger partial charge on any atom is 0.303 e. The topological polar surface area (TPSA) is 66.4 Å². The van der Waals surface area contributed by atoms with Crippen molar-refractivity contribution in [3.05, 3.63) is 32.8 Å². The first-order chi connectivity index (χ1) is 9.29. The van der Waals surface area contributed by atoms with Gasteiger partial charge in [0.25, 0.3) is 0 Å². The van der Waals surface area contributed by atoms with Gasteiger partial charge in [0.15, 0.2) is 0 Å². The van der Waals surface area contributed by atoms with Crippen LogP contribution >= 0.6 is 34.8 Å². The lowest BCUT2D eigenvalue weighted by Gasteiger charge is -2.11. The number of nitrogens with one attached hydrogen (secondary N) is 1. The lowest BCUT2D eigenvalue weighted by Crippen LogP contribution is -2.25. The molecule has 1 unspecified atom stereocenters. The fourth-order valence-electron chi connectivity index (χ4n) is 1.69. The van der Waals surface area contributed by atoms with Crippen molar-refractivity contribution in [1.29, 1.82) is 0 Å². The molecule has 0 saturated carbocycles. The highest BCUT2D eigenvalue weighted by atomic mass is 35.5. The van der Waals surface area contributed by atoms with Crippen LogP contribution in [0.1, 0.15) is 25.3 Å². The number of benzene rings is 1. The molecule has 0 saturated heterocycles. The Morgan fingerprint density at radius 1 is 1.20 bits per heavy atom. The number of halogens is 3. The fourth-order valence-corrected chi connectivity index (χ4v) is 2.64. The summed E-state index contributed by atoms with van der Waals surface area (Å²) in [7, 11) is 0. The highest BCUT2D eigenvalue weighted by Crippen LogP contribution is 2.28. The first-order valence-electron chi connectivity index (χ1n) is 5.91. The molecule has 110 valence electrons. The third kappa shape index (κ3) is 5.57. The SMILES string of the molecule is CC(CC(=O)O)CC(=O)NCc1c(Cl)cc(Cl)cc1Cl. The molecule has 0 spiro atoms. The summed E-state index contributed by atoms with van der Waals surface area (Å²) in [5.41, 5.74) is 0.581. The Hall–Kier alpha value is -0.970. The van der Waals surface area contributed by atoms with Crippen molar-refractivity contribution >= 4 is 46.7 Å². The van der Waals surface area contributed by atoms with Gasteiger partial charge in [-0.1, -0.05) is 41.7 Å². The number of amides is 1. The molecule has 0 aliphatic rings. The first kappa shape index (κ1) is 17.1. The van der Waals surface area contributed by atoms with Crippen LogP contribution in [-0.4, -0.2) is 17.0 Å². The Morgan fingerprint density at radius 3 is 2.25 bits per heavy atom. The average molecular weight is 339 g/mol. The van der Waals surface area contributed by atoms with Gasteiger partial charge in [0.05, 0.1) is 0 Å². The number of carbonyl (C=O) groups is 2. The molecule has 0 bridgehead atoms. The molecule has 0 heterocycles. The molecule has 4 nitrogen and oxygen atoms in total. The van der Waals surface area contributed by atoms with Crippen molar-refractivity contribution in [2.45, 2.75) is 26.3 Å². The number of carbonyl (C=O) groups excluding carboxylic acids is 1. The Kier molecular flexibility index (Phi) is 6.59. The molecule has 0 aliphatic carbocycles. The Bertz CT molecular complexity index is 497. The Morgan fingerprint density at radius 2 is 1.75 bits per heavy atom. The van der Waals surface area contributed by atoms with Crippen LogP contribution in [0.15, 0.2) is 12.1 Å². The van der Waals surface area contributed by atoms with E-state index in [1.807, 2.05) is 0 Å². The summed E-state index contributed by atoms with van der Waals surface area (Å²) in [5, 5.41) is 12.5. The number of carboxylic acid groups (broad SMARTS) is 1. The van der Waals surface area contributed by atoms with E-state index in [-0.39, 0.29) is 31.2 Å². The minimum atomic E-state index is -0.922. The van der Waals surface area contributed by atoms with Crippen molar-refractivity contribution < 1.29 is 14.7 Å². The minimum absolute atomic E-state index is 0.0458. The van der Waals surface area contributed by atoms with Crippen LogP contribution < -0.4 is 5.32 Å². The summed E-state index contributed by atoms with van der Waals surface area (Å²) in [4.78, 5) is 22.2. The Balaban J connectivity index is 2.55. The minimum Gasteiger partial charge on any atom is -0.481 e. The van der Waals surface area contributed by atoms with E-state index >= 15 is 0 Å². The molecule has 1 rings (SSSR count). The monoisotopic (exact) mass is 337 g/mol. The number of hydrogen-bond acceptors (Lipinski definition) is 2. The van der Waals surface area contributed by atoms with E-state index in [0.717, 1.165) is 0 Å². The summed E-state index contributed by atoms with van der Waals surface area (Å²) in [5.74, 6) is -1.40. The van der Waals surface area contributed by atoms with Crippen LogP contribution in [0.5, 0.6) is 0 Å². The van der Waals surface area contributed by atoms with Crippen molar-refractivity contribution in [1.82, 2.24) is 5.32 Å². The summed E-state index contributed by atoms with van der Waals surface area (Å²) in [6.45, 7) is 1.88. The van der Waals surface area contributed by atoms with Crippen LogP contribution in [0.4, 0.5) is 0 Å². The van der Waals surface area contributed by atoms with Gasteiger partial charge in [-0.2, -0.15) is 0 Å². The zero-order chi connectivity index (χ0) is 15.3. The molecular formula is C13H14Cl3NO3. The van der Waals surface area contributed by atoms with Gasteiger partial charge in [0.1, 0.15) is 0 Å². The van der Waals surface area contributed by atoms with Crippen molar-refractivity contribution in [2.75, 3.05) is 0 Å². The van der Waals surface area contributed by atoms with Crippen LogP contribution in [0.2, 0.25) is 15.1 Å². The maximum atomic E-state index is 11.7. The molecule has 1 aromatic carbocycles. The molecule has 7 heteroatoms. The molecule has 1 aromatic rings. The third-order valence-corrected chi connectivity index (χ3v) is 3.52. The molecular weight excluding hydrogens is 325 g/mol. The van der Waals surface area contributed by atoms with Gasteiger partial charge in [-0.3, -0.25) is 9.59 Å². The molecule has 20 heavy (non-hydrogen) atoms. The van der Waals surface area contributed by atoms with E-state index in [2.05, 4.69) is 5.32 Å². The predicted molar refractivity (Wildman–Crippen MR) is 79.4 cm³/mol. The number of aliphatic carboxylic acids is 1. The van der Waals surface area contributed by atoms with Gasteiger partial charge in [-0.25, -0.2) is 0 Å². The van der Waals surface area contributed by atoms with Crippen LogP contribution in [0.25, 0.3) is 0 Å². The highest BCUT2D eigenvalue weighted by molar-refractivity contribution is 6.39. The van der Waals surface area contributed by atoms with Crippen molar-refractivity contribution in [3.8, 4) is 0 Å². The van der Waals surface area contributed by atoms with E-state index in [4.69, 9.17) is 39.9 Å². The van der Waals surface area contributed by atoms with Gasteiger partial charge < -0.3 is 10.4 Å². The van der Waals surface area contributed by atoms with Crippen LogP contribution in [0, 0.1) is 5.92 Å². The lowest BCUT2D eigenvalue weighted by molar-refractivity contribution is -0.138. The molecule has 0 aliphatic heterocycles. The van der Waals surface area contributed by atoms with Crippen molar-refractivity contribution in [2.24, 2.45) is 5.92 Å². The van der Waals surface area contributed by atoms with Gasteiger partial charge in [-0.05, 0) is 18.1 Å². The van der Waals surface area contributed by atoms with Gasteiger partial charge >= 0.3 is 5.97 Å². The highest BCUT2D eigenvalue weighted by Gasteiger charge is 2.14. The van der Waals surface area contributed by atoms with Gasteiger partial charge in [0.2, 0.25) is 5.91 Å². The number of rotatable bonds is 6. The second-order valence-electron chi connectivity index (χ2n) is 4.53. The largest absolute Gasteiger partial charge is 0.481 e. The van der Waals surface area contributed by atoms with E-state index < -0.39 is 5.97 Å². The second kappa shape index (κ2) is 7.72. The first-order valence-corrected chi connectivity index (χ1v) is 7.05. The number of hydrogen-bond donors (Lipinski definition) is 2. The Labute approximate surface area is 132 Å². The van der Waals surface area contributed by atoms with Gasteiger partial charge in [0, 0.05) is 40.0 Å². The predicted octanol–water partition coefficient (Wildman–Crippen LogP) is 3.76. The maximum absolute atomic E-state index is 11.7. The normalized spacial score (nSPS) is 12.0. The molecule has 2 N–H and O–H groups in total. The zero-order valence-corrected chi connectivity index (χ0v) is 13.0. The standard InChI is InChI=1S/C13H14Cl3NO3/c1-7(3-13(19)20)2-12(18)17-6-9-10(15)4-8(14)5-11(9)16/h4-5,7H,2-3,6H2,1H3,(H,17,18)(H,19,20). The molecule has 1 amide bonds. The van der Waals surface area contributed by atoms with Gasteiger partial charge in [-0.15, -0.1) is 0 Å². The summed E-state index contributed by atoms with van der Waals surface area (Å²) >= 11 is 17.8. The summed E-state index contributed by atoms with van der Waals surface area (Å²) in [6, 6.07) is 3.09. The second-order valence-corrected chi connectivity index (χ2v) is 5.78. The molecule has 1 atom stereocenters.